The lowest BCUT2D eigenvalue weighted by atomic mass is 9.83. The van der Waals surface area contributed by atoms with Gasteiger partial charge in [0.1, 0.15) is 5.82 Å². The number of hydrogen-bond acceptors (Lipinski definition) is 5. The van der Waals surface area contributed by atoms with Crippen LogP contribution in [0.15, 0.2) is 60.8 Å². The maximum Gasteiger partial charge on any atom is 0.269 e. The molecule has 0 bridgehead atoms. The van der Waals surface area contributed by atoms with E-state index in [9.17, 15) is 14.9 Å². The van der Waals surface area contributed by atoms with E-state index in [1.165, 1.54) is 12.1 Å². The molecule has 8 nitrogen and oxygen atoms in total. The first-order valence-electron chi connectivity index (χ1n) is 8.97. The molecule has 0 unspecified atom stereocenters. The lowest BCUT2D eigenvalue weighted by Gasteiger charge is -2.36. The fourth-order valence-electron chi connectivity index (χ4n) is 3.75. The number of non-ortho nitro benzene ring substituents is 1. The zero-order valence-corrected chi connectivity index (χ0v) is 15.2. The summed E-state index contributed by atoms with van der Waals surface area (Å²) in [5.41, 5.74) is 8.50. The summed E-state index contributed by atoms with van der Waals surface area (Å²) < 4.78 is 1.72. The summed E-state index contributed by atoms with van der Waals surface area (Å²) in [4.78, 5) is 25.4. The predicted molar refractivity (Wildman–Crippen MR) is 105 cm³/mol. The van der Waals surface area contributed by atoms with Gasteiger partial charge in [0.15, 0.2) is 0 Å². The van der Waals surface area contributed by atoms with E-state index in [0.717, 1.165) is 11.3 Å². The molecule has 0 radical (unpaired) electrons. The molecule has 2 atom stereocenters. The normalized spacial score (nSPS) is 18.8. The van der Waals surface area contributed by atoms with Crippen molar-refractivity contribution in [3.05, 3.63) is 82.0 Å². The van der Waals surface area contributed by atoms with Crippen molar-refractivity contribution in [2.45, 2.75) is 18.9 Å². The average Bonchev–Trinajstić information content (AvgIpc) is 3.14. The molecular formula is C20H19N5O3. The highest BCUT2D eigenvalue weighted by Crippen LogP contribution is 2.41. The van der Waals surface area contributed by atoms with E-state index in [1.807, 2.05) is 37.3 Å². The van der Waals surface area contributed by atoms with Crippen LogP contribution in [-0.4, -0.2) is 33.2 Å². The first-order chi connectivity index (χ1) is 13.5. The maximum atomic E-state index is 13.0. The summed E-state index contributed by atoms with van der Waals surface area (Å²) in [5.74, 6) is -0.0937. The van der Waals surface area contributed by atoms with Gasteiger partial charge in [0.2, 0.25) is 5.91 Å². The fraction of sp³-hybridized carbons (Fsp3) is 0.200. The number of fused-ring (bicyclic) bond motifs is 1. The molecule has 1 aliphatic rings. The highest BCUT2D eigenvalue weighted by atomic mass is 16.6. The summed E-state index contributed by atoms with van der Waals surface area (Å²) in [7, 11) is 0. The van der Waals surface area contributed by atoms with Gasteiger partial charge in [-0.15, -0.1) is 0 Å². The monoisotopic (exact) mass is 377 g/mol. The second kappa shape index (κ2) is 6.90. The number of para-hydroxylation sites is 1. The van der Waals surface area contributed by atoms with Gasteiger partial charge >= 0.3 is 0 Å². The molecule has 0 saturated heterocycles. The van der Waals surface area contributed by atoms with Gasteiger partial charge in [-0.2, -0.15) is 5.10 Å². The van der Waals surface area contributed by atoms with Crippen molar-refractivity contribution in [2.75, 3.05) is 11.4 Å². The number of nitrogens with zero attached hydrogens (tertiary/aromatic N) is 4. The Hall–Kier alpha value is -3.52. The minimum Gasteiger partial charge on any atom is -0.319 e. The first-order valence-corrected chi connectivity index (χ1v) is 8.97. The third kappa shape index (κ3) is 2.74. The molecule has 4 rings (SSSR count). The Labute approximate surface area is 161 Å². The van der Waals surface area contributed by atoms with Crippen molar-refractivity contribution >= 4 is 17.4 Å². The van der Waals surface area contributed by atoms with Gasteiger partial charge < -0.3 is 5.73 Å². The van der Waals surface area contributed by atoms with Crippen LogP contribution in [-0.2, 0) is 4.79 Å². The van der Waals surface area contributed by atoms with Crippen LogP contribution in [0.4, 0.5) is 11.5 Å². The van der Waals surface area contributed by atoms with E-state index >= 15 is 0 Å². The van der Waals surface area contributed by atoms with Crippen LogP contribution in [0.2, 0.25) is 0 Å². The lowest BCUT2D eigenvalue weighted by Crippen LogP contribution is -2.51. The molecule has 1 aromatic heterocycles. The van der Waals surface area contributed by atoms with Gasteiger partial charge in [-0.1, -0.05) is 30.3 Å². The van der Waals surface area contributed by atoms with Gasteiger partial charge in [0.25, 0.3) is 5.69 Å². The number of nitro benzene ring substituents is 1. The van der Waals surface area contributed by atoms with Gasteiger partial charge in [0.05, 0.1) is 22.8 Å². The van der Waals surface area contributed by atoms with Gasteiger partial charge in [-0.05, 0) is 24.6 Å². The molecule has 0 aliphatic carbocycles. The van der Waals surface area contributed by atoms with Crippen LogP contribution in [0.5, 0.6) is 0 Å². The molecule has 142 valence electrons. The Balaban J connectivity index is 1.91. The number of benzene rings is 2. The van der Waals surface area contributed by atoms with Crippen LogP contribution in [0.25, 0.3) is 5.69 Å². The molecule has 0 saturated carbocycles. The molecule has 0 fully saturated rings. The number of rotatable bonds is 4. The molecule has 2 heterocycles. The quantitative estimate of drug-likeness (QED) is 0.555. The zero-order valence-electron chi connectivity index (χ0n) is 15.2. The van der Waals surface area contributed by atoms with E-state index in [-0.39, 0.29) is 11.6 Å². The molecule has 3 aromatic rings. The van der Waals surface area contributed by atoms with E-state index < -0.39 is 16.9 Å². The summed E-state index contributed by atoms with van der Waals surface area (Å²) in [5, 5.41) is 15.7. The van der Waals surface area contributed by atoms with Crippen molar-refractivity contribution in [2.24, 2.45) is 5.73 Å². The van der Waals surface area contributed by atoms with Crippen molar-refractivity contribution in [3.8, 4) is 5.69 Å². The zero-order chi connectivity index (χ0) is 19.8. The maximum absolute atomic E-state index is 13.0. The van der Waals surface area contributed by atoms with Crippen LogP contribution in [0.3, 0.4) is 0 Å². The average molecular weight is 377 g/mol. The molecule has 2 N–H and O–H groups in total. The summed E-state index contributed by atoms with van der Waals surface area (Å²) in [6.07, 6.45) is 1.70. The Bertz CT molecular complexity index is 1050. The van der Waals surface area contributed by atoms with E-state index in [4.69, 9.17) is 5.73 Å². The standard InChI is InChI=1S/C20H19N5O3/c1-2-23-19-16(12-22-24(19)14-8-4-3-5-9-14)17(18(21)20(23)26)13-7-6-10-15(11-13)25(27)28/h3-12,17-18H,2,21H2,1H3/t17-,18+/m1/s1. The van der Waals surface area contributed by atoms with E-state index in [1.54, 1.807) is 27.9 Å². The van der Waals surface area contributed by atoms with Crippen LogP contribution in [0.1, 0.15) is 24.0 Å². The molecule has 0 spiro atoms. The largest absolute Gasteiger partial charge is 0.319 e. The van der Waals surface area contributed by atoms with Crippen molar-refractivity contribution in [3.63, 3.8) is 0 Å². The predicted octanol–water partition coefficient (Wildman–Crippen LogP) is 2.61. The summed E-state index contributed by atoms with van der Waals surface area (Å²) in [6.45, 7) is 2.32. The van der Waals surface area contributed by atoms with Crippen LogP contribution in [0, 0.1) is 10.1 Å². The third-order valence-electron chi connectivity index (χ3n) is 5.03. The summed E-state index contributed by atoms with van der Waals surface area (Å²) in [6, 6.07) is 14.9. The molecule has 1 aliphatic heterocycles. The Kier molecular flexibility index (Phi) is 4.40. The number of carbonyl (C=O) groups excluding carboxylic acids is 1. The number of nitro groups is 1. The Morgan fingerprint density at radius 2 is 1.93 bits per heavy atom. The number of anilines is 1. The molecule has 2 aromatic carbocycles. The third-order valence-corrected chi connectivity index (χ3v) is 5.03. The minimum absolute atomic E-state index is 0.0351. The van der Waals surface area contributed by atoms with E-state index in [0.29, 0.717) is 17.9 Å². The molecule has 8 heteroatoms. The Morgan fingerprint density at radius 1 is 1.18 bits per heavy atom. The molecular weight excluding hydrogens is 358 g/mol. The first kappa shape index (κ1) is 17.9. The molecule has 1 amide bonds. The van der Waals surface area contributed by atoms with Crippen LogP contribution < -0.4 is 10.6 Å². The minimum atomic E-state index is -0.845. The number of nitrogens with two attached hydrogens (primary N) is 1. The van der Waals surface area contributed by atoms with Crippen molar-refractivity contribution < 1.29 is 9.72 Å². The smallest absolute Gasteiger partial charge is 0.269 e. The van der Waals surface area contributed by atoms with Crippen LogP contribution >= 0.6 is 0 Å². The highest BCUT2D eigenvalue weighted by molar-refractivity contribution is 6.01. The van der Waals surface area contributed by atoms with E-state index in [2.05, 4.69) is 5.10 Å². The Morgan fingerprint density at radius 3 is 2.61 bits per heavy atom. The lowest BCUT2D eigenvalue weighted by molar-refractivity contribution is -0.384. The number of amides is 1. The van der Waals surface area contributed by atoms with Gasteiger partial charge in [0, 0.05) is 30.2 Å². The number of aromatic nitrogens is 2. The summed E-state index contributed by atoms with van der Waals surface area (Å²) >= 11 is 0. The van der Waals surface area contributed by atoms with Gasteiger partial charge in [-0.3, -0.25) is 19.8 Å². The van der Waals surface area contributed by atoms with Gasteiger partial charge in [-0.25, -0.2) is 4.68 Å². The number of hydrogen-bond donors (Lipinski definition) is 1. The highest BCUT2D eigenvalue weighted by Gasteiger charge is 2.41. The second-order valence-electron chi connectivity index (χ2n) is 6.61. The van der Waals surface area contributed by atoms with Crippen molar-refractivity contribution in [1.29, 1.82) is 0 Å². The molecule has 28 heavy (non-hydrogen) atoms. The van der Waals surface area contributed by atoms with Crippen molar-refractivity contribution in [1.82, 2.24) is 9.78 Å². The fourth-order valence-corrected chi connectivity index (χ4v) is 3.75. The second-order valence-corrected chi connectivity index (χ2v) is 6.61. The topological polar surface area (TPSA) is 107 Å². The number of carbonyl (C=O) groups is 1. The SMILES string of the molecule is CCN1C(=O)[C@@H](N)[C@H](c2cccc([N+](=O)[O-])c2)c2cnn(-c3ccccc3)c21. The number of likely N-dealkylation sites (N-methyl/N-ethyl adjacent to an activating group) is 1.